The molecule has 1 aromatic carbocycles. The van der Waals surface area contributed by atoms with E-state index in [1.807, 2.05) is 0 Å². The average Bonchev–Trinajstić information content (AvgIpc) is 2.89. The van der Waals surface area contributed by atoms with Crippen LogP contribution in [-0.4, -0.2) is 25.8 Å². The highest BCUT2D eigenvalue weighted by Gasteiger charge is 2.25. The molecular formula is C15H23NO. The molecule has 1 aliphatic rings. The molecule has 2 rings (SSSR count). The summed E-state index contributed by atoms with van der Waals surface area (Å²) in [5, 5.41) is 3.68. The van der Waals surface area contributed by atoms with Gasteiger partial charge in [0.05, 0.1) is 6.61 Å². The highest BCUT2D eigenvalue weighted by molar-refractivity contribution is 5.16. The molecule has 1 saturated heterocycles. The first-order chi connectivity index (χ1) is 8.40. The van der Waals surface area contributed by atoms with Gasteiger partial charge in [0.2, 0.25) is 0 Å². The number of nitrogens with one attached hydrogen (secondary N) is 1. The Morgan fingerprint density at radius 3 is 2.82 bits per heavy atom. The molecule has 2 heteroatoms. The smallest absolute Gasteiger partial charge is 0.0510 e. The van der Waals surface area contributed by atoms with Crippen molar-refractivity contribution in [2.24, 2.45) is 5.92 Å². The number of ether oxygens (including phenoxy) is 1. The van der Waals surface area contributed by atoms with Crippen molar-refractivity contribution in [1.29, 1.82) is 0 Å². The van der Waals surface area contributed by atoms with Crippen LogP contribution in [0.5, 0.6) is 0 Å². The lowest BCUT2D eigenvalue weighted by molar-refractivity contribution is 0.176. The lowest BCUT2D eigenvalue weighted by atomic mass is 9.93. The van der Waals surface area contributed by atoms with Gasteiger partial charge < -0.3 is 10.1 Å². The van der Waals surface area contributed by atoms with E-state index in [0.29, 0.717) is 12.0 Å². The Morgan fingerprint density at radius 2 is 2.18 bits per heavy atom. The summed E-state index contributed by atoms with van der Waals surface area (Å²) in [4.78, 5) is 0. The Morgan fingerprint density at radius 1 is 1.35 bits per heavy atom. The molecule has 1 heterocycles. The van der Waals surface area contributed by atoms with Crippen LogP contribution in [0, 0.1) is 5.92 Å². The predicted molar refractivity (Wildman–Crippen MR) is 71.2 cm³/mol. The van der Waals surface area contributed by atoms with Crippen LogP contribution in [-0.2, 0) is 11.2 Å². The van der Waals surface area contributed by atoms with Gasteiger partial charge in [0.15, 0.2) is 0 Å². The maximum Gasteiger partial charge on any atom is 0.0510 e. The topological polar surface area (TPSA) is 21.3 Å². The molecule has 17 heavy (non-hydrogen) atoms. The lowest BCUT2D eigenvalue weighted by Crippen LogP contribution is -2.38. The summed E-state index contributed by atoms with van der Waals surface area (Å²) in [5.41, 5.74) is 1.42. The van der Waals surface area contributed by atoms with E-state index in [9.17, 15) is 0 Å². The van der Waals surface area contributed by atoms with Gasteiger partial charge in [0, 0.05) is 18.6 Å². The summed E-state index contributed by atoms with van der Waals surface area (Å²) < 4.78 is 5.52. The molecule has 0 amide bonds. The summed E-state index contributed by atoms with van der Waals surface area (Å²) in [5.74, 6) is 0.682. The monoisotopic (exact) mass is 233 g/mol. The average molecular weight is 233 g/mol. The van der Waals surface area contributed by atoms with Gasteiger partial charge in [0.1, 0.15) is 0 Å². The summed E-state index contributed by atoms with van der Waals surface area (Å²) in [6, 6.07) is 11.3. The van der Waals surface area contributed by atoms with Gasteiger partial charge in [-0.2, -0.15) is 0 Å². The van der Waals surface area contributed by atoms with Crippen molar-refractivity contribution in [3.05, 3.63) is 35.9 Å². The van der Waals surface area contributed by atoms with Crippen LogP contribution in [0.2, 0.25) is 0 Å². The van der Waals surface area contributed by atoms with E-state index in [1.54, 1.807) is 0 Å². The lowest BCUT2D eigenvalue weighted by Gasteiger charge is -2.24. The molecule has 0 saturated carbocycles. The molecule has 1 aliphatic heterocycles. The van der Waals surface area contributed by atoms with Crippen LogP contribution in [0.15, 0.2) is 30.3 Å². The molecule has 0 radical (unpaired) electrons. The van der Waals surface area contributed by atoms with Gasteiger partial charge in [-0.05, 0) is 31.4 Å². The van der Waals surface area contributed by atoms with Gasteiger partial charge in [-0.3, -0.25) is 0 Å². The van der Waals surface area contributed by atoms with E-state index in [2.05, 4.69) is 42.6 Å². The van der Waals surface area contributed by atoms with Crippen molar-refractivity contribution < 1.29 is 4.74 Å². The third-order valence-electron chi connectivity index (χ3n) is 3.49. The normalized spacial score (nSPS) is 21.6. The van der Waals surface area contributed by atoms with Gasteiger partial charge in [-0.15, -0.1) is 0 Å². The summed E-state index contributed by atoms with van der Waals surface area (Å²) in [6.45, 7) is 5.18. The summed E-state index contributed by atoms with van der Waals surface area (Å²) in [7, 11) is 0. The molecule has 0 aromatic heterocycles. The van der Waals surface area contributed by atoms with E-state index >= 15 is 0 Å². The molecule has 2 unspecified atom stereocenters. The minimum Gasteiger partial charge on any atom is -0.381 e. The summed E-state index contributed by atoms with van der Waals surface area (Å²) in [6.07, 6.45) is 3.52. The molecule has 1 N–H and O–H groups in total. The van der Waals surface area contributed by atoms with E-state index in [4.69, 9.17) is 4.74 Å². The van der Waals surface area contributed by atoms with E-state index in [0.717, 1.165) is 26.2 Å². The minimum absolute atomic E-state index is 0.569. The first-order valence-corrected chi connectivity index (χ1v) is 6.75. The third-order valence-corrected chi connectivity index (χ3v) is 3.49. The van der Waals surface area contributed by atoms with E-state index in [1.165, 1.54) is 18.4 Å². The van der Waals surface area contributed by atoms with Crippen molar-refractivity contribution in [2.45, 2.75) is 32.2 Å². The van der Waals surface area contributed by atoms with E-state index < -0.39 is 0 Å². The first kappa shape index (κ1) is 12.6. The van der Waals surface area contributed by atoms with Gasteiger partial charge in [-0.25, -0.2) is 0 Å². The quantitative estimate of drug-likeness (QED) is 0.815. The van der Waals surface area contributed by atoms with Crippen LogP contribution >= 0.6 is 0 Å². The molecule has 2 nitrogen and oxygen atoms in total. The molecule has 0 aliphatic carbocycles. The van der Waals surface area contributed by atoms with Crippen molar-refractivity contribution in [3.8, 4) is 0 Å². The molecule has 1 aromatic rings. The van der Waals surface area contributed by atoms with Crippen LogP contribution in [0.25, 0.3) is 0 Å². The Hall–Kier alpha value is -0.860. The van der Waals surface area contributed by atoms with Crippen molar-refractivity contribution in [1.82, 2.24) is 5.32 Å². The molecule has 94 valence electrons. The third kappa shape index (κ3) is 3.83. The fourth-order valence-electron chi connectivity index (χ4n) is 2.47. The fourth-order valence-corrected chi connectivity index (χ4v) is 2.47. The number of hydrogen-bond acceptors (Lipinski definition) is 2. The molecule has 1 fully saturated rings. The second-order valence-corrected chi connectivity index (χ2v) is 4.87. The van der Waals surface area contributed by atoms with Crippen LogP contribution in [0.3, 0.4) is 0 Å². The van der Waals surface area contributed by atoms with Crippen LogP contribution in [0.1, 0.15) is 25.3 Å². The molecular weight excluding hydrogens is 210 g/mol. The summed E-state index contributed by atoms with van der Waals surface area (Å²) >= 11 is 0. The maximum absolute atomic E-state index is 5.52. The van der Waals surface area contributed by atoms with Crippen molar-refractivity contribution in [3.63, 3.8) is 0 Å². The minimum atomic E-state index is 0.569. The highest BCUT2D eigenvalue weighted by atomic mass is 16.5. The Balaban J connectivity index is 1.94. The number of rotatable bonds is 6. The van der Waals surface area contributed by atoms with E-state index in [-0.39, 0.29) is 0 Å². The second-order valence-electron chi connectivity index (χ2n) is 4.87. The maximum atomic E-state index is 5.52. The standard InChI is InChI=1S/C15H23NO/c1-2-9-16-15(14-8-10-17-12-14)11-13-6-4-3-5-7-13/h3-7,14-16H,2,8-12H2,1H3. The molecule has 2 atom stereocenters. The van der Waals surface area contributed by atoms with Crippen LogP contribution in [0.4, 0.5) is 0 Å². The second kappa shape index (κ2) is 6.77. The van der Waals surface area contributed by atoms with Gasteiger partial charge in [-0.1, -0.05) is 37.3 Å². The fraction of sp³-hybridized carbons (Fsp3) is 0.600. The van der Waals surface area contributed by atoms with Gasteiger partial charge >= 0.3 is 0 Å². The van der Waals surface area contributed by atoms with Crippen LogP contribution < -0.4 is 5.32 Å². The predicted octanol–water partition coefficient (Wildman–Crippen LogP) is 2.63. The van der Waals surface area contributed by atoms with Crippen molar-refractivity contribution >= 4 is 0 Å². The zero-order valence-electron chi connectivity index (χ0n) is 10.7. The molecule has 0 spiro atoms. The highest BCUT2D eigenvalue weighted by Crippen LogP contribution is 2.20. The Kier molecular flexibility index (Phi) is 5.02. The zero-order valence-corrected chi connectivity index (χ0v) is 10.7. The Labute approximate surface area is 104 Å². The molecule has 0 bridgehead atoms. The number of benzene rings is 1. The first-order valence-electron chi connectivity index (χ1n) is 6.75. The largest absolute Gasteiger partial charge is 0.381 e. The number of hydrogen-bond donors (Lipinski definition) is 1. The Bertz CT molecular complexity index is 306. The van der Waals surface area contributed by atoms with Gasteiger partial charge in [0.25, 0.3) is 0 Å². The zero-order chi connectivity index (χ0) is 11.9. The van der Waals surface area contributed by atoms with Crippen molar-refractivity contribution in [2.75, 3.05) is 19.8 Å². The SMILES string of the molecule is CCCNC(Cc1ccccc1)C1CCOC1.